The lowest BCUT2D eigenvalue weighted by Crippen LogP contribution is -2.61. The first-order chi connectivity index (χ1) is 5.23. The van der Waals surface area contributed by atoms with Crippen LogP contribution in [0.3, 0.4) is 0 Å². The predicted octanol–water partition coefficient (Wildman–Crippen LogP) is -2.54. The van der Waals surface area contributed by atoms with Gasteiger partial charge < -0.3 is 30.6 Å². The molecule has 0 fully saturated rings. The summed E-state index contributed by atoms with van der Waals surface area (Å²) in [4.78, 5) is 0. The fourth-order valence-corrected chi connectivity index (χ4v) is 0.698. The largest absolute Gasteiger partial charge is 0.387 e. The van der Waals surface area contributed by atoms with Crippen LogP contribution >= 0.6 is 0 Å². The molecule has 0 aliphatic rings. The number of aliphatic hydroxyl groups is 6. The molecular weight excluding hydrogens is 168 g/mol. The molecule has 0 aromatic carbocycles. The maximum atomic E-state index is 8.93. The van der Waals surface area contributed by atoms with E-state index in [4.69, 9.17) is 30.6 Å². The minimum Gasteiger partial charge on any atom is -0.387 e. The highest BCUT2D eigenvalue weighted by molar-refractivity contribution is 4.80. The van der Waals surface area contributed by atoms with Gasteiger partial charge in [-0.05, 0) is 6.42 Å². The van der Waals surface area contributed by atoms with Crippen LogP contribution in [0.1, 0.15) is 19.8 Å². The lowest BCUT2D eigenvalue weighted by atomic mass is 10.0. The summed E-state index contributed by atoms with van der Waals surface area (Å²) >= 11 is 0. The molecule has 0 spiro atoms. The van der Waals surface area contributed by atoms with Gasteiger partial charge in [0.1, 0.15) is 6.10 Å². The zero-order valence-electron chi connectivity index (χ0n) is 6.67. The van der Waals surface area contributed by atoms with Crippen molar-refractivity contribution in [2.75, 3.05) is 0 Å². The van der Waals surface area contributed by atoms with Crippen molar-refractivity contribution in [2.24, 2.45) is 0 Å². The van der Waals surface area contributed by atoms with E-state index < -0.39 is 17.9 Å². The Bertz CT molecular complexity index is 137. The van der Waals surface area contributed by atoms with Crippen LogP contribution in [0.2, 0.25) is 0 Å². The third-order valence-corrected chi connectivity index (χ3v) is 1.52. The summed E-state index contributed by atoms with van der Waals surface area (Å²) in [7, 11) is 0. The number of hydrogen-bond donors (Lipinski definition) is 6. The zero-order valence-corrected chi connectivity index (χ0v) is 6.67. The summed E-state index contributed by atoms with van der Waals surface area (Å²) in [6.07, 6.45) is -1.49. The number of aliphatic hydroxyl groups excluding tert-OH is 1. The lowest BCUT2D eigenvalue weighted by Gasteiger charge is -2.33. The number of rotatable bonds is 4. The molecule has 0 unspecified atom stereocenters. The van der Waals surface area contributed by atoms with Gasteiger partial charge in [-0.25, -0.2) is 0 Å². The van der Waals surface area contributed by atoms with E-state index in [2.05, 4.69) is 0 Å². The van der Waals surface area contributed by atoms with Gasteiger partial charge in [0.15, 0.2) is 0 Å². The van der Waals surface area contributed by atoms with E-state index in [-0.39, 0.29) is 6.42 Å². The molecule has 0 radical (unpaired) electrons. The fraction of sp³-hybridized carbons (Fsp3) is 1.00. The van der Waals surface area contributed by atoms with Gasteiger partial charge in [0, 0.05) is 0 Å². The third-order valence-electron chi connectivity index (χ3n) is 1.52. The van der Waals surface area contributed by atoms with Gasteiger partial charge in [0.05, 0.1) is 0 Å². The molecule has 1 atom stereocenters. The van der Waals surface area contributed by atoms with Crippen LogP contribution in [0.5, 0.6) is 0 Å². The predicted molar refractivity (Wildman–Crippen MR) is 37.5 cm³/mol. The van der Waals surface area contributed by atoms with Crippen LogP contribution in [0.15, 0.2) is 0 Å². The molecule has 74 valence electrons. The maximum Gasteiger partial charge on any atom is 0.335 e. The highest BCUT2D eigenvalue weighted by atomic mass is 16.7. The van der Waals surface area contributed by atoms with Gasteiger partial charge in [-0.1, -0.05) is 13.3 Å². The van der Waals surface area contributed by atoms with E-state index >= 15 is 0 Å². The fourth-order valence-electron chi connectivity index (χ4n) is 0.698. The first-order valence-electron chi connectivity index (χ1n) is 3.53. The van der Waals surface area contributed by atoms with Crippen LogP contribution < -0.4 is 0 Å². The summed E-state index contributed by atoms with van der Waals surface area (Å²) in [5.74, 6) is -7.05. The molecule has 0 saturated carbocycles. The van der Waals surface area contributed by atoms with Crippen molar-refractivity contribution >= 4 is 0 Å². The topological polar surface area (TPSA) is 121 Å². The number of hydrogen-bond acceptors (Lipinski definition) is 6. The molecule has 12 heavy (non-hydrogen) atoms. The Morgan fingerprint density at radius 1 is 1.08 bits per heavy atom. The van der Waals surface area contributed by atoms with Crippen molar-refractivity contribution < 1.29 is 30.6 Å². The molecule has 0 aliphatic carbocycles. The Kier molecular flexibility index (Phi) is 3.58. The minimum atomic E-state index is -3.72. The Labute approximate surface area is 69.3 Å². The Balaban J connectivity index is 4.38. The minimum absolute atomic E-state index is 0.0730. The second-order valence-corrected chi connectivity index (χ2v) is 2.67. The van der Waals surface area contributed by atoms with Crippen molar-refractivity contribution in [3.63, 3.8) is 0 Å². The highest BCUT2D eigenvalue weighted by Gasteiger charge is 2.51. The summed E-state index contributed by atoms with van der Waals surface area (Å²) in [6.45, 7) is 1.65. The van der Waals surface area contributed by atoms with Crippen molar-refractivity contribution in [3.05, 3.63) is 0 Å². The maximum absolute atomic E-state index is 8.93. The molecule has 0 heterocycles. The van der Waals surface area contributed by atoms with E-state index in [0.717, 1.165) is 0 Å². The first kappa shape index (κ1) is 11.8. The zero-order chi connectivity index (χ0) is 9.99. The lowest BCUT2D eigenvalue weighted by molar-refractivity contribution is -0.464. The van der Waals surface area contributed by atoms with Gasteiger partial charge in [0.25, 0.3) is 5.79 Å². The van der Waals surface area contributed by atoms with E-state index in [1.165, 1.54) is 0 Å². The summed E-state index contributed by atoms with van der Waals surface area (Å²) in [6, 6.07) is 0. The second kappa shape index (κ2) is 3.65. The van der Waals surface area contributed by atoms with E-state index in [1.807, 2.05) is 0 Å². The average Bonchev–Trinajstić information content (AvgIpc) is 1.85. The molecule has 0 rings (SSSR count). The molecule has 0 aromatic heterocycles. The molecule has 0 bridgehead atoms. The van der Waals surface area contributed by atoms with Crippen LogP contribution in [-0.4, -0.2) is 48.5 Å². The van der Waals surface area contributed by atoms with Gasteiger partial charge in [-0.2, -0.15) is 0 Å². The quantitative estimate of drug-likeness (QED) is 0.266. The summed E-state index contributed by atoms with van der Waals surface area (Å²) in [5.41, 5.74) is 0. The highest BCUT2D eigenvalue weighted by Crippen LogP contribution is 2.21. The molecule has 0 amide bonds. The Morgan fingerprint density at radius 3 is 1.75 bits per heavy atom. The van der Waals surface area contributed by atoms with Crippen molar-refractivity contribution in [1.82, 2.24) is 0 Å². The van der Waals surface area contributed by atoms with Crippen molar-refractivity contribution in [1.29, 1.82) is 0 Å². The molecule has 0 aliphatic heterocycles. The summed E-state index contributed by atoms with van der Waals surface area (Å²) < 4.78 is 0. The normalized spacial score (nSPS) is 16.2. The molecule has 6 N–H and O–H groups in total. The molecule has 6 heteroatoms. The Morgan fingerprint density at radius 2 is 1.50 bits per heavy atom. The smallest absolute Gasteiger partial charge is 0.335 e. The monoisotopic (exact) mass is 182 g/mol. The van der Waals surface area contributed by atoms with Gasteiger partial charge >= 0.3 is 5.97 Å². The summed E-state index contributed by atoms with van der Waals surface area (Å²) in [5, 5.41) is 51.7. The molecule has 0 aromatic rings. The third kappa shape index (κ3) is 2.37. The molecular formula is C6H14O6. The SMILES string of the molecule is CCC[C@H](O)C(O)(O)C(O)(O)O. The first-order valence-corrected chi connectivity index (χ1v) is 3.53. The molecule has 0 saturated heterocycles. The van der Waals surface area contributed by atoms with Crippen LogP contribution in [-0.2, 0) is 0 Å². The van der Waals surface area contributed by atoms with Crippen LogP contribution in [0.4, 0.5) is 0 Å². The van der Waals surface area contributed by atoms with Gasteiger partial charge in [-0.3, -0.25) is 0 Å². The Hall–Kier alpha value is -0.240. The second-order valence-electron chi connectivity index (χ2n) is 2.67. The van der Waals surface area contributed by atoms with Gasteiger partial charge in [0.2, 0.25) is 0 Å². The standard InChI is InChI=1S/C6H14O6/c1-2-3-4(7)5(8,9)6(10,11)12/h4,7-12H,2-3H2,1H3/t4-/m0/s1. The van der Waals surface area contributed by atoms with Crippen LogP contribution in [0.25, 0.3) is 0 Å². The van der Waals surface area contributed by atoms with Crippen molar-refractivity contribution in [2.45, 2.75) is 37.6 Å². The molecule has 6 nitrogen and oxygen atoms in total. The van der Waals surface area contributed by atoms with E-state index in [1.54, 1.807) is 6.92 Å². The van der Waals surface area contributed by atoms with Crippen molar-refractivity contribution in [3.8, 4) is 0 Å². The van der Waals surface area contributed by atoms with Crippen LogP contribution in [0, 0.1) is 0 Å². The van der Waals surface area contributed by atoms with Gasteiger partial charge in [-0.15, -0.1) is 0 Å². The average molecular weight is 182 g/mol. The van der Waals surface area contributed by atoms with E-state index in [9.17, 15) is 0 Å². The van der Waals surface area contributed by atoms with E-state index in [0.29, 0.717) is 6.42 Å².